The highest BCUT2D eigenvalue weighted by Crippen LogP contribution is 2.36. The van der Waals surface area contributed by atoms with E-state index in [2.05, 4.69) is 33.5 Å². The van der Waals surface area contributed by atoms with Gasteiger partial charge in [-0.05, 0) is 61.8 Å². The number of hydrogen-bond donors (Lipinski definition) is 2. The molecule has 1 aliphatic heterocycles. The van der Waals surface area contributed by atoms with E-state index in [-0.39, 0.29) is 0 Å². The van der Waals surface area contributed by atoms with Crippen LogP contribution in [0.2, 0.25) is 0 Å². The maximum Gasteiger partial charge on any atom is 0.164 e. The zero-order valence-electron chi connectivity index (χ0n) is 18.0. The van der Waals surface area contributed by atoms with Crippen molar-refractivity contribution in [2.24, 2.45) is 5.41 Å². The molecule has 0 saturated carbocycles. The summed E-state index contributed by atoms with van der Waals surface area (Å²) in [4.78, 5) is 8.69. The van der Waals surface area contributed by atoms with Gasteiger partial charge in [0.1, 0.15) is 23.6 Å². The van der Waals surface area contributed by atoms with Crippen molar-refractivity contribution in [3.8, 4) is 23.1 Å². The van der Waals surface area contributed by atoms with E-state index >= 15 is 0 Å². The predicted molar refractivity (Wildman–Crippen MR) is 124 cm³/mol. The molecule has 32 heavy (non-hydrogen) atoms. The number of nitrogen functional groups attached to an aromatic ring is 1. The van der Waals surface area contributed by atoms with Gasteiger partial charge in [-0.25, -0.2) is 14.6 Å². The van der Waals surface area contributed by atoms with E-state index in [1.54, 1.807) is 0 Å². The molecule has 0 spiro atoms. The van der Waals surface area contributed by atoms with E-state index in [0.29, 0.717) is 24.6 Å². The van der Waals surface area contributed by atoms with Crippen molar-refractivity contribution in [3.05, 3.63) is 42.7 Å². The number of aromatic nitrogens is 4. The molecule has 1 aliphatic rings. The van der Waals surface area contributed by atoms with Crippen LogP contribution in [-0.2, 0) is 6.54 Å². The number of fused-ring (bicyclic) bond motifs is 2. The van der Waals surface area contributed by atoms with Gasteiger partial charge in [0.05, 0.1) is 30.0 Å². The van der Waals surface area contributed by atoms with Gasteiger partial charge >= 0.3 is 0 Å². The Morgan fingerprint density at radius 2 is 1.94 bits per heavy atom. The fourth-order valence-electron chi connectivity index (χ4n) is 4.47. The molecule has 1 fully saturated rings. The maximum absolute atomic E-state index is 9.95. The molecule has 0 unspecified atom stereocenters. The van der Waals surface area contributed by atoms with Crippen molar-refractivity contribution in [1.29, 1.82) is 5.26 Å². The molecule has 162 valence electrons. The van der Waals surface area contributed by atoms with Crippen molar-refractivity contribution < 1.29 is 4.74 Å². The second kappa shape index (κ2) is 8.09. The molecular formula is C24H25N7O. The zero-order valence-corrected chi connectivity index (χ0v) is 18.0. The normalized spacial score (nSPS) is 15.6. The van der Waals surface area contributed by atoms with Crippen LogP contribution in [0.15, 0.2) is 42.7 Å². The Morgan fingerprint density at radius 3 is 2.72 bits per heavy atom. The summed E-state index contributed by atoms with van der Waals surface area (Å²) in [5, 5.41) is 21.1. The van der Waals surface area contributed by atoms with Gasteiger partial charge in [0.15, 0.2) is 5.65 Å². The number of anilines is 1. The molecule has 4 aromatic rings. The van der Waals surface area contributed by atoms with Gasteiger partial charge in [0.2, 0.25) is 0 Å². The molecular weight excluding hydrogens is 402 g/mol. The standard InChI is InChI=1S/C24H25N7O/c1-2-32-19-6-5-16-11-18(4-3-17(16)12-19)21-20-22(26)28-15-29-23(20)31(30-21)14-24(13-25)7-9-27-10-8-24/h3-6,11-12,15,27H,2,7-10,14H2,1H3,(H2,26,28,29). The van der Waals surface area contributed by atoms with Crippen molar-refractivity contribution >= 4 is 27.6 Å². The summed E-state index contributed by atoms with van der Waals surface area (Å²) < 4.78 is 7.45. The van der Waals surface area contributed by atoms with Gasteiger partial charge in [0, 0.05) is 5.56 Å². The van der Waals surface area contributed by atoms with Crippen LogP contribution in [0.25, 0.3) is 33.1 Å². The molecule has 8 heteroatoms. The van der Waals surface area contributed by atoms with Crippen LogP contribution in [0.4, 0.5) is 5.82 Å². The van der Waals surface area contributed by atoms with Crippen LogP contribution in [0, 0.1) is 16.7 Å². The molecule has 0 radical (unpaired) electrons. The Labute approximate surface area is 186 Å². The number of nitrogens with two attached hydrogens (primary N) is 1. The summed E-state index contributed by atoms with van der Waals surface area (Å²) >= 11 is 0. The summed E-state index contributed by atoms with van der Waals surface area (Å²) in [5.41, 5.74) is 8.13. The van der Waals surface area contributed by atoms with Crippen molar-refractivity contribution in [3.63, 3.8) is 0 Å². The van der Waals surface area contributed by atoms with Crippen molar-refractivity contribution in [2.75, 3.05) is 25.4 Å². The second-order valence-corrected chi connectivity index (χ2v) is 8.26. The molecule has 5 rings (SSSR count). The minimum atomic E-state index is -0.472. The monoisotopic (exact) mass is 427 g/mol. The molecule has 8 nitrogen and oxygen atoms in total. The summed E-state index contributed by atoms with van der Waals surface area (Å²) in [6.07, 6.45) is 3.01. The summed E-state index contributed by atoms with van der Waals surface area (Å²) in [7, 11) is 0. The first-order valence-corrected chi connectivity index (χ1v) is 10.9. The highest BCUT2D eigenvalue weighted by atomic mass is 16.5. The highest BCUT2D eigenvalue weighted by Gasteiger charge is 2.34. The van der Waals surface area contributed by atoms with Crippen LogP contribution in [0.5, 0.6) is 5.75 Å². The fourth-order valence-corrected chi connectivity index (χ4v) is 4.47. The summed E-state index contributed by atoms with van der Waals surface area (Å²) in [5.74, 6) is 1.24. The SMILES string of the molecule is CCOc1ccc2cc(-c3nn(CC4(C#N)CCNCC4)c4ncnc(N)c34)ccc2c1. The molecule has 0 amide bonds. The summed E-state index contributed by atoms with van der Waals surface area (Å²) in [6, 6.07) is 14.8. The quantitative estimate of drug-likeness (QED) is 0.501. The van der Waals surface area contributed by atoms with Crippen LogP contribution < -0.4 is 15.8 Å². The smallest absolute Gasteiger partial charge is 0.164 e. The molecule has 0 bridgehead atoms. The lowest BCUT2D eigenvalue weighted by Gasteiger charge is -2.30. The van der Waals surface area contributed by atoms with Crippen LogP contribution in [-0.4, -0.2) is 39.4 Å². The largest absolute Gasteiger partial charge is 0.494 e. The number of nitriles is 1. The van der Waals surface area contributed by atoms with E-state index in [4.69, 9.17) is 15.6 Å². The third kappa shape index (κ3) is 3.51. The third-order valence-corrected chi connectivity index (χ3v) is 6.21. The number of nitrogens with zero attached hydrogens (tertiary/aromatic N) is 5. The second-order valence-electron chi connectivity index (χ2n) is 8.26. The Kier molecular flexibility index (Phi) is 5.11. The maximum atomic E-state index is 9.95. The average molecular weight is 428 g/mol. The minimum absolute atomic E-state index is 0.388. The van der Waals surface area contributed by atoms with Crippen LogP contribution in [0.1, 0.15) is 19.8 Å². The van der Waals surface area contributed by atoms with E-state index in [0.717, 1.165) is 59.1 Å². The van der Waals surface area contributed by atoms with Crippen LogP contribution >= 0.6 is 0 Å². The number of hydrogen-bond acceptors (Lipinski definition) is 7. The van der Waals surface area contributed by atoms with E-state index < -0.39 is 5.41 Å². The van der Waals surface area contributed by atoms with E-state index in [1.807, 2.05) is 35.9 Å². The van der Waals surface area contributed by atoms with Gasteiger partial charge in [-0.3, -0.25) is 0 Å². The summed E-state index contributed by atoms with van der Waals surface area (Å²) in [6.45, 7) is 4.73. The number of nitrogens with one attached hydrogen (secondary N) is 1. The third-order valence-electron chi connectivity index (χ3n) is 6.21. The van der Waals surface area contributed by atoms with Crippen molar-refractivity contribution in [1.82, 2.24) is 25.1 Å². The molecule has 1 saturated heterocycles. The predicted octanol–water partition coefficient (Wildman–Crippen LogP) is 3.52. The van der Waals surface area contributed by atoms with Gasteiger partial charge < -0.3 is 15.8 Å². The van der Waals surface area contributed by atoms with Gasteiger partial charge in [0.25, 0.3) is 0 Å². The molecule has 2 aromatic carbocycles. The molecule has 3 N–H and O–H groups in total. The highest BCUT2D eigenvalue weighted by molar-refractivity contribution is 6.00. The first-order chi connectivity index (χ1) is 15.6. The number of rotatable bonds is 5. The molecule has 3 heterocycles. The lowest BCUT2D eigenvalue weighted by Crippen LogP contribution is -2.38. The Morgan fingerprint density at radius 1 is 1.16 bits per heavy atom. The van der Waals surface area contributed by atoms with Gasteiger partial charge in [-0.15, -0.1) is 0 Å². The van der Waals surface area contributed by atoms with Crippen molar-refractivity contribution in [2.45, 2.75) is 26.3 Å². The zero-order chi connectivity index (χ0) is 22.1. The molecule has 0 aliphatic carbocycles. The van der Waals surface area contributed by atoms with Gasteiger partial charge in [-0.1, -0.05) is 18.2 Å². The first kappa shape index (κ1) is 20.2. The Bertz CT molecular complexity index is 1330. The lowest BCUT2D eigenvalue weighted by atomic mass is 9.80. The number of benzene rings is 2. The minimum Gasteiger partial charge on any atom is -0.494 e. The van der Waals surface area contributed by atoms with Gasteiger partial charge in [-0.2, -0.15) is 10.4 Å². The molecule has 0 atom stereocenters. The first-order valence-electron chi connectivity index (χ1n) is 10.9. The van der Waals surface area contributed by atoms with E-state index in [1.165, 1.54) is 6.33 Å². The van der Waals surface area contributed by atoms with Crippen LogP contribution in [0.3, 0.4) is 0 Å². The Balaban J connectivity index is 1.61. The molecule has 2 aromatic heterocycles. The topological polar surface area (TPSA) is 115 Å². The van der Waals surface area contributed by atoms with E-state index in [9.17, 15) is 5.26 Å². The number of ether oxygens (including phenoxy) is 1. The Hall–Kier alpha value is -3.70. The average Bonchev–Trinajstić information content (AvgIpc) is 3.19. The lowest BCUT2D eigenvalue weighted by molar-refractivity contribution is 0.238. The fraction of sp³-hybridized carbons (Fsp3) is 0.333. The number of piperidine rings is 1.